The van der Waals surface area contributed by atoms with E-state index in [-0.39, 0.29) is 30.1 Å². The Morgan fingerprint density at radius 3 is 2.77 bits per heavy atom. The maximum Gasteiger partial charge on any atom is 0.290 e. The fourth-order valence-corrected chi connectivity index (χ4v) is 4.09. The van der Waals surface area contributed by atoms with Crippen LogP contribution in [-0.2, 0) is 17.9 Å². The van der Waals surface area contributed by atoms with Gasteiger partial charge in [0.15, 0.2) is 0 Å². The molecule has 31 heavy (non-hydrogen) atoms. The zero-order chi connectivity index (χ0) is 21.4. The van der Waals surface area contributed by atoms with Crippen molar-refractivity contribution in [3.63, 3.8) is 0 Å². The van der Waals surface area contributed by atoms with Crippen LogP contribution in [0.25, 0.3) is 22.2 Å². The maximum atomic E-state index is 11.9. The van der Waals surface area contributed by atoms with Crippen molar-refractivity contribution in [2.75, 3.05) is 6.54 Å². The first kappa shape index (κ1) is 19.4. The highest BCUT2D eigenvalue weighted by atomic mass is 32.2. The third kappa shape index (κ3) is 3.94. The van der Waals surface area contributed by atoms with Gasteiger partial charge in [0.25, 0.3) is 5.24 Å². The number of furan rings is 1. The maximum absolute atomic E-state index is 11.9. The molecule has 0 unspecified atom stereocenters. The van der Waals surface area contributed by atoms with E-state index in [4.69, 9.17) is 13.6 Å². The minimum Gasteiger partial charge on any atom is -0.487 e. The minimum absolute atomic E-state index is 0.0943. The number of rotatable bonds is 6. The second-order valence-electron chi connectivity index (χ2n) is 7.18. The SMILES string of the molecule is Cc1oc(-c2ccccc2)nc1COc1ccc2coc(CN3CC(=O)SC3=O)c2c1. The Labute approximate surface area is 182 Å². The third-order valence-electron chi connectivity index (χ3n) is 5.06. The molecule has 1 aliphatic rings. The highest BCUT2D eigenvalue weighted by Crippen LogP contribution is 2.30. The van der Waals surface area contributed by atoms with E-state index >= 15 is 0 Å². The van der Waals surface area contributed by atoms with E-state index in [1.54, 1.807) is 6.26 Å². The smallest absolute Gasteiger partial charge is 0.290 e. The van der Waals surface area contributed by atoms with Crippen LogP contribution < -0.4 is 4.74 Å². The fraction of sp³-hybridized carbons (Fsp3) is 0.174. The normalized spacial score (nSPS) is 14.0. The van der Waals surface area contributed by atoms with E-state index in [0.717, 1.165) is 33.8 Å². The standard InChI is InChI=1S/C23H18N2O5S/c1-14-19(24-22(30-14)15-5-3-2-4-6-15)13-28-17-8-7-16-12-29-20(18(16)9-17)10-25-11-21(26)31-23(25)27/h2-9,12H,10-11,13H2,1H3. The van der Waals surface area contributed by atoms with Gasteiger partial charge in [-0.05, 0) is 37.3 Å². The lowest BCUT2D eigenvalue weighted by Crippen LogP contribution is -2.23. The van der Waals surface area contributed by atoms with E-state index in [1.807, 2.05) is 55.5 Å². The van der Waals surface area contributed by atoms with Crippen molar-refractivity contribution in [2.45, 2.75) is 20.1 Å². The molecule has 1 saturated heterocycles. The van der Waals surface area contributed by atoms with Crippen LogP contribution in [-0.4, -0.2) is 26.8 Å². The zero-order valence-electron chi connectivity index (χ0n) is 16.7. The molecule has 5 rings (SSSR count). The Morgan fingerprint density at radius 1 is 1.16 bits per heavy atom. The van der Waals surface area contributed by atoms with E-state index in [1.165, 1.54) is 4.90 Å². The molecule has 2 aromatic carbocycles. The molecule has 0 bridgehead atoms. The molecule has 0 atom stereocenters. The van der Waals surface area contributed by atoms with Crippen LogP contribution in [0.5, 0.6) is 5.75 Å². The fourth-order valence-electron chi connectivity index (χ4n) is 3.42. The molecule has 156 valence electrons. The van der Waals surface area contributed by atoms with E-state index in [9.17, 15) is 9.59 Å². The molecule has 4 aromatic rings. The average molecular weight is 434 g/mol. The summed E-state index contributed by atoms with van der Waals surface area (Å²) in [6.45, 7) is 2.46. The molecular formula is C23H18N2O5S. The summed E-state index contributed by atoms with van der Waals surface area (Å²) < 4.78 is 17.4. The van der Waals surface area contributed by atoms with Gasteiger partial charge in [-0.1, -0.05) is 18.2 Å². The van der Waals surface area contributed by atoms with Crippen LogP contribution in [0.15, 0.2) is 63.6 Å². The minimum atomic E-state index is -0.252. The first-order valence-electron chi connectivity index (χ1n) is 9.71. The molecule has 0 saturated carbocycles. The molecular weight excluding hydrogens is 416 g/mol. The summed E-state index contributed by atoms with van der Waals surface area (Å²) in [5, 5.41) is 1.34. The van der Waals surface area contributed by atoms with Crippen LogP contribution >= 0.6 is 11.8 Å². The van der Waals surface area contributed by atoms with Crippen molar-refractivity contribution in [3.8, 4) is 17.2 Å². The summed E-state index contributed by atoms with van der Waals surface area (Å²) in [6.07, 6.45) is 1.64. The zero-order valence-corrected chi connectivity index (χ0v) is 17.5. The number of carbonyl (C=O) groups is 2. The largest absolute Gasteiger partial charge is 0.487 e. The quantitative estimate of drug-likeness (QED) is 0.414. The average Bonchev–Trinajstić information content (AvgIpc) is 3.44. The Hall–Kier alpha value is -3.52. The predicted molar refractivity (Wildman–Crippen MR) is 116 cm³/mol. The lowest BCUT2D eigenvalue weighted by atomic mass is 10.1. The number of thioether (sulfide) groups is 1. The van der Waals surface area contributed by atoms with Gasteiger partial charge in [0.05, 0.1) is 19.4 Å². The van der Waals surface area contributed by atoms with Crippen LogP contribution in [0.3, 0.4) is 0 Å². The number of hydrogen-bond acceptors (Lipinski definition) is 7. The van der Waals surface area contributed by atoms with Gasteiger partial charge in [0.2, 0.25) is 11.0 Å². The van der Waals surface area contributed by atoms with Crippen molar-refractivity contribution in [3.05, 3.63) is 72.0 Å². The van der Waals surface area contributed by atoms with Crippen molar-refractivity contribution in [1.82, 2.24) is 9.88 Å². The Morgan fingerprint density at radius 2 is 2.00 bits per heavy atom. The van der Waals surface area contributed by atoms with Crippen LogP contribution in [0.1, 0.15) is 17.2 Å². The van der Waals surface area contributed by atoms with Crippen LogP contribution in [0, 0.1) is 6.92 Å². The van der Waals surface area contributed by atoms with Crippen LogP contribution in [0.4, 0.5) is 4.79 Å². The molecule has 0 N–H and O–H groups in total. The van der Waals surface area contributed by atoms with Crippen molar-refractivity contribution in [2.24, 2.45) is 0 Å². The number of fused-ring (bicyclic) bond motifs is 1. The van der Waals surface area contributed by atoms with Crippen molar-refractivity contribution >= 4 is 32.9 Å². The van der Waals surface area contributed by atoms with Gasteiger partial charge in [0.1, 0.15) is 29.6 Å². The second-order valence-corrected chi connectivity index (χ2v) is 8.19. The van der Waals surface area contributed by atoms with E-state index in [0.29, 0.717) is 23.2 Å². The monoisotopic (exact) mass is 434 g/mol. The number of ether oxygens (including phenoxy) is 1. The molecule has 1 aliphatic heterocycles. The summed E-state index contributed by atoms with van der Waals surface area (Å²) in [5.74, 6) is 2.54. The molecule has 3 heterocycles. The predicted octanol–water partition coefficient (Wildman–Crippen LogP) is 5.17. The van der Waals surface area contributed by atoms with E-state index in [2.05, 4.69) is 4.98 Å². The number of aromatic nitrogens is 1. The van der Waals surface area contributed by atoms with Gasteiger partial charge in [-0.2, -0.15) is 0 Å². The number of amides is 1. The van der Waals surface area contributed by atoms with Gasteiger partial charge in [-0.25, -0.2) is 4.98 Å². The highest BCUT2D eigenvalue weighted by Gasteiger charge is 2.29. The number of nitrogens with zero attached hydrogens (tertiary/aromatic N) is 2. The van der Waals surface area contributed by atoms with E-state index < -0.39 is 0 Å². The summed E-state index contributed by atoms with van der Waals surface area (Å²) in [5.41, 5.74) is 1.64. The van der Waals surface area contributed by atoms with Gasteiger partial charge >= 0.3 is 0 Å². The summed E-state index contributed by atoms with van der Waals surface area (Å²) in [7, 11) is 0. The number of carbonyl (C=O) groups excluding carboxylic acids is 2. The summed E-state index contributed by atoms with van der Waals surface area (Å²) in [6, 6.07) is 15.3. The lowest BCUT2D eigenvalue weighted by molar-refractivity contribution is -0.110. The number of aryl methyl sites for hydroxylation is 1. The molecule has 7 nitrogen and oxygen atoms in total. The second kappa shape index (κ2) is 7.96. The van der Waals surface area contributed by atoms with Gasteiger partial charge in [-0.15, -0.1) is 0 Å². The number of oxazole rings is 1. The molecule has 1 fully saturated rings. The van der Waals surface area contributed by atoms with Crippen molar-refractivity contribution in [1.29, 1.82) is 0 Å². The van der Waals surface area contributed by atoms with Gasteiger partial charge in [-0.3, -0.25) is 9.59 Å². The summed E-state index contributed by atoms with van der Waals surface area (Å²) >= 11 is 0.732. The Bertz CT molecular complexity index is 1280. The molecule has 0 aliphatic carbocycles. The van der Waals surface area contributed by atoms with Gasteiger partial charge < -0.3 is 18.5 Å². The molecule has 1 amide bonds. The first-order valence-corrected chi connectivity index (χ1v) is 10.5. The highest BCUT2D eigenvalue weighted by molar-refractivity contribution is 8.26. The molecule has 2 aromatic heterocycles. The third-order valence-corrected chi connectivity index (χ3v) is 5.85. The number of hydrogen-bond donors (Lipinski definition) is 0. The molecule has 0 spiro atoms. The van der Waals surface area contributed by atoms with Crippen LogP contribution in [0.2, 0.25) is 0 Å². The molecule has 8 heteroatoms. The Balaban J connectivity index is 1.33. The first-order chi connectivity index (χ1) is 15.1. The topological polar surface area (TPSA) is 85.8 Å². The Kier molecular flexibility index (Phi) is 4.99. The lowest BCUT2D eigenvalue weighted by Gasteiger charge is -2.11. The summed E-state index contributed by atoms with van der Waals surface area (Å²) in [4.78, 5) is 29.4. The van der Waals surface area contributed by atoms with Gasteiger partial charge in [0, 0.05) is 28.1 Å². The number of benzene rings is 2. The molecule has 0 radical (unpaired) electrons. The van der Waals surface area contributed by atoms with Crippen molar-refractivity contribution < 1.29 is 23.2 Å².